The quantitative estimate of drug-likeness (QED) is 0.183. The standard InChI is InChI=1S/C12H9F3N2O2.C9H7N7O2S/c1-7-10(6-16-19-7)11(18)17-9-4-2-8(3-5-9)12(13,14)15;1-15-4-14-7(16(17)18)9(15)19-8-5-6(11-2-10-5)12-3-13-8/h2-6H,1H3,(H,17,18);2-4H,1H3,(H,10,11,12,13). The monoisotopic (exact) mass is 547 g/mol. The summed E-state index contributed by atoms with van der Waals surface area (Å²) in [5.74, 6) is -0.346. The first-order chi connectivity index (χ1) is 18.0. The molecule has 1 amide bonds. The van der Waals surface area contributed by atoms with Gasteiger partial charge in [0, 0.05) is 12.7 Å². The molecule has 2 N–H and O–H groups in total. The molecule has 5 aromatic rings. The van der Waals surface area contributed by atoms with Crippen molar-refractivity contribution in [3.63, 3.8) is 0 Å². The average molecular weight is 547 g/mol. The van der Waals surface area contributed by atoms with Crippen LogP contribution in [-0.2, 0) is 13.2 Å². The first-order valence-corrected chi connectivity index (χ1v) is 11.2. The second-order valence-corrected chi connectivity index (χ2v) is 8.43. The van der Waals surface area contributed by atoms with Gasteiger partial charge in [-0.1, -0.05) is 5.16 Å². The Morgan fingerprint density at radius 3 is 2.55 bits per heavy atom. The summed E-state index contributed by atoms with van der Waals surface area (Å²) in [7, 11) is 1.69. The highest BCUT2D eigenvalue weighted by atomic mass is 32.2. The maximum atomic E-state index is 12.4. The highest BCUT2D eigenvalue weighted by Gasteiger charge is 2.30. The number of imidazole rings is 2. The van der Waals surface area contributed by atoms with E-state index in [0.717, 1.165) is 23.9 Å². The lowest BCUT2D eigenvalue weighted by Gasteiger charge is -2.08. The summed E-state index contributed by atoms with van der Waals surface area (Å²) in [6.07, 6.45) is 1.11. The zero-order valence-corrected chi connectivity index (χ0v) is 20.2. The number of fused-ring (bicyclic) bond motifs is 1. The van der Waals surface area contributed by atoms with Crippen LogP contribution in [0.5, 0.6) is 0 Å². The molecule has 4 aromatic heterocycles. The number of hydrogen-bond acceptors (Lipinski definition) is 10. The third kappa shape index (κ3) is 5.77. The van der Waals surface area contributed by atoms with E-state index in [9.17, 15) is 28.1 Å². The maximum absolute atomic E-state index is 12.4. The van der Waals surface area contributed by atoms with E-state index < -0.39 is 22.6 Å². The molecule has 0 atom stereocenters. The van der Waals surface area contributed by atoms with Crippen LogP contribution in [0.15, 0.2) is 64.0 Å². The zero-order valence-electron chi connectivity index (χ0n) is 19.4. The van der Waals surface area contributed by atoms with Crippen molar-refractivity contribution in [2.45, 2.75) is 23.2 Å². The number of anilines is 1. The Hall–Kier alpha value is -4.80. The van der Waals surface area contributed by atoms with E-state index in [2.05, 4.69) is 35.4 Å². The number of hydrogen-bond donors (Lipinski definition) is 2. The normalized spacial score (nSPS) is 11.2. The minimum atomic E-state index is -4.40. The van der Waals surface area contributed by atoms with Crippen LogP contribution in [0.25, 0.3) is 11.2 Å². The number of nitro groups is 1. The minimum Gasteiger partial charge on any atom is -0.361 e. The van der Waals surface area contributed by atoms with Crippen molar-refractivity contribution < 1.29 is 27.4 Å². The van der Waals surface area contributed by atoms with Crippen LogP contribution in [0.3, 0.4) is 0 Å². The van der Waals surface area contributed by atoms with E-state index in [-0.39, 0.29) is 17.1 Å². The highest BCUT2D eigenvalue weighted by Crippen LogP contribution is 2.34. The van der Waals surface area contributed by atoms with Crippen molar-refractivity contribution in [2.24, 2.45) is 7.05 Å². The second kappa shape index (κ2) is 10.7. The number of carbonyl (C=O) groups excluding carboxylic acids is 1. The summed E-state index contributed by atoms with van der Waals surface area (Å²) in [5.41, 5.74) is 0.885. The smallest absolute Gasteiger partial charge is 0.361 e. The number of amides is 1. The van der Waals surface area contributed by atoms with Crippen molar-refractivity contribution >= 4 is 40.3 Å². The van der Waals surface area contributed by atoms with Gasteiger partial charge in [0.1, 0.15) is 28.2 Å². The summed E-state index contributed by atoms with van der Waals surface area (Å²) in [5, 5.41) is 17.8. The topological polar surface area (TPSA) is 171 Å². The number of aromatic amines is 1. The molecule has 1 aromatic carbocycles. The van der Waals surface area contributed by atoms with Crippen LogP contribution < -0.4 is 5.32 Å². The summed E-state index contributed by atoms with van der Waals surface area (Å²) >= 11 is 1.15. The SMILES string of the molecule is Cc1oncc1C(=O)Nc1ccc(C(F)(F)F)cc1.Cn1cnc([N+](=O)[O-])c1Sc1ncnc2nc[nH]c12. The molecule has 4 heterocycles. The molecule has 0 bridgehead atoms. The van der Waals surface area contributed by atoms with Gasteiger partial charge in [0.15, 0.2) is 10.7 Å². The van der Waals surface area contributed by atoms with Crippen molar-refractivity contribution in [3.05, 3.63) is 76.4 Å². The summed E-state index contributed by atoms with van der Waals surface area (Å²) in [4.78, 5) is 40.9. The van der Waals surface area contributed by atoms with Crippen molar-refractivity contribution in [3.8, 4) is 0 Å². The van der Waals surface area contributed by atoms with Crippen LogP contribution in [-0.4, -0.2) is 45.5 Å². The molecule has 0 unspecified atom stereocenters. The van der Waals surface area contributed by atoms with Gasteiger partial charge in [0.2, 0.25) is 6.33 Å². The molecule has 13 nitrogen and oxygen atoms in total. The van der Waals surface area contributed by atoms with Gasteiger partial charge in [-0.3, -0.25) is 4.79 Å². The van der Waals surface area contributed by atoms with Gasteiger partial charge in [-0.25, -0.2) is 15.0 Å². The van der Waals surface area contributed by atoms with Gasteiger partial charge in [0.05, 0.1) is 18.1 Å². The number of nitrogens with zero attached hydrogens (tertiary/aromatic N) is 7. The van der Waals surface area contributed by atoms with Crippen molar-refractivity contribution in [1.82, 2.24) is 34.6 Å². The van der Waals surface area contributed by atoms with E-state index in [0.29, 0.717) is 27.0 Å². The number of aryl methyl sites for hydroxylation is 2. The predicted molar refractivity (Wildman–Crippen MR) is 126 cm³/mol. The first kappa shape index (κ1) is 26.3. The molecule has 38 heavy (non-hydrogen) atoms. The van der Waals surface area contributed by atoms with E-state index in [4.69, 9.17) is 4.52 Å². The summed E-state index contributed by atoms with van der Waals surface area (Å²) in [6, 6.07) is 4.17. The van der Waals surface area contributed by atoms with Crippen LogP contribution in [0.1, 0.15) is 21.7 Å². The lowest BCUT2D eigenvalue weighted by Crippen LogP contribution is -2.12. The number of H-pyrrole nitrogens is 1. The third-order valence-corrected chi connectivity index (χ3v) is 6.05. The molecule has 0 saturated heterocycles. The number of benzene rings is 1. The number of nitrogens with one attached hydrogen (secondary N) is 2. The first-order valence-electron chi connectivity index (χ1n) is 10.4. The molecule has 0 saturated carbocycles. The number of halogens is 3. The van der Waals surface area contributed by atoms with Gasteiger partial charge in [-0.2, -0.15) is 13.2 Å². The Bertz CT molecular complexity index is 1600. The lowest BCUT2D eigenvalue weighted by molar-refractivity contribution is -0.392. The molecule has 0 aliphatic heterocycles. The lowest BCUT2D eigenvalue weighted by atomic mass is 10.2. The van der Waals surface area contributed by atoms with E-state index in [1.165, 1.54) is 37.3 Å². The zero-order chi connectivity index (χ0) is 27.4. The molecule has 196 valence electrons. The molecule has 0 spiro atoms. The fraction of sp³-hybridized carbons (Fsp3) is 0.143. The minimum absolute atomic E-state index is 0.196. The summed E-state index contributed by atoms with van der Waals surface area (Å²) in [6.45, 7) is 1.56. The Morgan fingerprint density at radius 2 is 1.92 bits per heavy atom. The van der Waals surface area contributed by atoms with Crippen LogP contribution in [0, 0.1) is 17.0 Å². The number of alkyl halides is 3. The number of carbonyl (C=O) groups is 1. The number of aromatic nitrogens is 7. The largest absolute Gasteiger partial charge is 0.416 e. The highest BCUT2D eigenvalue weighted by molar-refractivity contribution is 7.99. The Kier molecular flexibility index (Phi) is 7.38. The van der Waals surface area contributed by atoms with Crippen LogP contribution in [0.2, 0.25) is 0 Å². The van der Waals surface area contributed by atoms with E-state index in [1.54, 1.807) is 18.5 Å². The molecule has 5 rings (SSSR count). The van der Waals surface area contributed by atoms with E-state index in [1.807, 2.05) is 0 Å². The van der Waals surface area contributed by atoms with Gasteiger partial charge in [-0.15, -0.1) is 0 Å². The molecular formula is C21H16F3N9O4S. The summed E-state index contributed by atoms with van der Waals surface area (Å²) < 4.78 is 43.4. The molecule has 0 radical (unpaired) electrons. The third-order valence-electron chi connectivity index (χ3n) is 4.88. The molecule has 0 aliphatic carbocycles. The fourth-order valence-corrected chi connectivity index (χ4v) is 3.96. The maximum Gasteiger partial charge on any atom is 0.416 e. The van der Waals surface area contributed by atoms with Gasteiger partial charge < -0.3 is 29.5 Å². The van der Waals surface area contributed by atoms with Crippen LogP contribution >= 0.6 is 11.8 Å². The Labute approximate surface area is 214 Å². The van der Waals surface area contributed by atoms with Crippen molar-refractivity contribution in [2.75, 3.05) is 5.32 Å². The Morgan fingerprint density at radius 1 is 1.18 bits per heavy atom. The van der Waals surface area contributed by atoms with Gasteiger partial charge >= 0.3 is 12.0 Å². The average Bonchev–Trinajstić information content (AvgIpc) is 3.60. The molecule has 0 aliphatic rings. The fourth-order valence-electron chi connectivity index (χ4n) is 3.02. The molecule has 0 fully saturated rings. The van der Waals surface area contributed by atoms with Gasteiger partial charge in [-0.05, 0) is 52.9 Å². The predicted octanol–water partition coefficient (Wildman–Crippen LogP) is 4.40. The number of rotatable bonds is 5. The Balaban J connectivity index is 0.000000177. The van der Waals surface area contributed by atoms with E-state index >= 15 is 0 Å². The van der Waals surface area contributed by atoms with Crippen LogP contribution in [0.4, 0.5) is 24.7 Å². The molecular weight excluding hydrogens is 531 g/mol. The second-order valence-electron chi connectivity index (χ2n) is 7.45. The van der Waals surface area contributed by atoms with Gasteiger partial charge in [0.25, 0.3) is 5.91 Å². The van der Waals surface area contributed by atoms with Crippen molar-refractivity contribution in [1.29, 1.82) is 0 Å². The molecule has 17 heteroatoms.